The van der Waals surface area contributed by atoms with Crippen LogP contribution in [0, 0.1) is 0 Å². The lowest BCUT2D eigenvalue weighted by Crippen LogP contribution is -2.44. The molecule has 0 aliphatic carbocycles. The van der Waals surface area contributed by atoms with E-state index in [0.29, 0.717) is 13.1 Å². The van der Waals surface area contributed by atoms with Crippen molar-refractivity contribution in [2.45, 2.75) is 64.0 Å². The van der Waals surface area contributed by atoms with Gasteiger partial charge >= 0.3 is 0 Å². The monoisotopic (exact) mass is 415 g/mol. The molecule has 1 spiro atoms. The largest absolute Gasteiger partial charge is 0.445 e. The third kappa shape index (κ3) is 3.33. The van der Waals surface area contributed by atoms with Crippen molar-refractivity contribution < 1.29 is 13.9 Å². The smallest absolute Gasteiger partial charge is 0.264 e. The lowest BCUT2D eigenvalue weighted by Gasteiger charge is -2.40. The van der Waals surface area contributed by atoms with Crippen molar-refractivity contribution in [3.63, 3.8) is 0 Å². The number of carbonyl (C=O) groups excluding carboxylic acids is 1. The van der Waals surface area contributed by atoms with E-state index in [0.717, 1.165) is 67.6 Å². The van der Waals surface area contributed by atoms with Gasteiger partial charge in [-0.2, -0.15) is 0 Å². The molecular formula is C22H29N3O3S. The van der Waals surface area contributed by atoms with Crippen LogP contribution in [0.5, 0.6) is 0 Å². The second-order valence-electron chi connectivity index (χ2n) is 9.41. The fourth-order valence-electron chi connectivity index (χ4n) is 4.62. The maximum absolute atomic E-state index is 13.3. The molecular weight excluding hydrogens is 386 g/mol. The van der Waals surface area contributed by atoms with E-state index >= 15 is 0 Å². The molecule has 0 bridgehead atoms. The Balaban J connectivity index is 1.39. The van der Waals surface area contributed by atoms with Crippen molar-refractivity contribution in [2.75, 3.05) is 26.2 Å². The minimum atomic E-state index is -0.198. The number of rotatable bonds is 1. The van der Waals surface area contributed by atoms with Gasteiger partial charge in [-0.15, -0.1) is 11.3 Å². The number of hydrogen-bond donors (Lipinski definition) is 1. The third-order valence-corrected chi connectivity index (χ3v) is 7.47. The van der Waals surface area contributed by atoms with Crippen molar-refractivity contribution >= 4 is 17.2 Å². The van der Waals surface area contributed by atoms with Crippen LogP contribution in [-0.4, -0.2) is 42.0 Å². The number of amides is 1. The van der Waals surface area contributed by atoms with E-state index in [1.165, 1.54) is 10.4 Å². The Labute approximate surface area is 175 Å². The summed E-state index contributed by atoms with van der Waals surface area (Å²) < 4.78 is 12.2. The van der Waals surface area contributed by atoms with Gasteiger partial charge in [0.15, 0.2) is 5.89 Å². The summed E-state index contributed by atoms with van der Waals surface area (Å²) in [6.07, 6.45) is 3.59. The van der Waals surface area contributed by atoms with E-state index in [1.54, 1.807) is 11.3 Å². The Morgan fingerprint density at radius 1 is 1.28 bits per heavy atom. The zero-order valence-corrected chi connectivity index (χ0v) is 18.3. The molecule has 1 fully saturated rings. The van der Waals surface area contributed by atoms with Crippen molar-refractivity contribution in [3.8, 4) is 0 Å². The number of ether oxygens (including phenoxy) is 1. The highest BCUT2D eigenvalue weighted by molar-refractivity contribution is 7.14. The van der Waals surface area contributed by atoms with E-state index in [2.05, 4.69) is 32.2 Å². The number of carbonyl (C=O) groups is 1. The van der Waals surface area contributed by atoms with E-state index in [9.17, 15) is 4.79 Å². The molecule has 1 saturated heterocycles. The molecule has 1 amide bonds. The molecule has 0 atom stereocenters. The molecule has 3 aliphatic heterocycles. The molecule has 5 heterocycles. The first-order valence-electron chi connectivity index (χ1n) is 10.6. The van der Waals surface area contributed by atoms with Gasteiger partial charge in [0.1, 0.15) is 11.5 Å². The maximum Gasteiger partial charge on any atom is 0.264 e. The topological polar surface area (TPSA) is 67.6 Å². The van der Waals surface area contributed by atoms with Gasteiger partial charge in [0.05, 0.1) is 23.6 Å². The predicted octanol–water partition coefficient (Wildman–Crippen LogP) is 3.38. The van der Waals surface area contributed by atoms with Crippen molar-refractivity contribution in [2.24, 2.45) is 0 Å². The quantitative estimate of drug-likeness (QED) is 0.773. The van der Waals surface area contributed by atoms with Crippen LogP contribution in [0.3, 0.4) is 0 Å². The molecule has 2 aromatic rings. The van der Waals surface area contributed by atoms with Gasteiger partial charge < -0.3 is 19.4 Å². The fraction of sp³-hybridized carbons (Fsp3) is 0.636. The van der Waals surface area contributed by atoms with Crippen molar-refractivity contribution in [1.29, 1.82) is 0 Å². The van der Waals surface area contributed by atoms with Crippen LogP contribution in [0.15, 0.2) is 10.5 Å². The summed E-state index contributed by atoms with van der Waals surface area (Å²) in [4.78, 5) is 22.1. The predicted molar refractivity (Wildman–Crippen MR) is 111 cm³/mol. The summed E-state index contributed by atoms with van der Waals surface area (Å²) in [7, 11) is 0. The summed E-state index contributed by atoms with van der Waals surface area (Å²) in [5.74, 6) is 1.80. The van der Waals surface area contributed by atoms with Crippen LogP contribution in [0.25, 0.3) is 0 Å². The summed E-state index contributed by atoms with van der Waals surface area (Å²) in [5, 5.41) is 3.42. The normalized spacial score (nSPS) is 21.1. The van der Waals surface area contributed by atoms with E-state index in [4.69, 9.17) is 14.1 Å². The standard InChI is InChI=1S/C22H29N3O3S/c1-21(2,3)20-24-15-13-25(10-4-16(15)28-20)19(26)18-12-14-17(29-18)5-11-27-22(14)6-8-23-9-7-22/h12,23H,4-11,13H2,1-3H3. The Morgan fingerprint density at radius 2 is 2.07 bits per heavy atom. The fourth-order valence-corrected chi connectivity index (χ4v) is 5.81. The molecule has 1 N–H and O–H groups in total. The van der Waals surface area contributed by atoms with Crippen LogP contribution in [0.2, 0.25) is 0 Å². The number of aromatic nitrogens is 1. The Bertz CT molecular complexity index is 934. The maximum atomic E-state index is 13.3. The highest BCUT2D eigenvalue weighted by Gasteiger charge is 2.41. The van der Waals surface area contributed by atoms with Crippen LogP contribution < -0.4 is 5.32 Å². The molecule has 2 aromatic heterocycles. The molecule has 156 valence electrons. The first-order chi connectivity index (χ1) is 13.9. The summed E-state index contributed by atoms with van der Waals surface area (Å²) in [5.41, 5.74) is 1.85. The van der Waals surface area contributed by atoms with Gasteiger partial charge in [-0.1, -0.05) is 20.8 Å². The Morgan fingerprint density at radius 3 is 2.83 bits per heavy atom. The van der Waals surface area contributed by atoms with Crippen LogP contribution in [0.1, 0.15) is 71.1 Å². The molecule has 0 saturated carbocycles. The lowest BCUT2D eigenvalue weighted by molar-refractivity contribution is -0.0792. The van der Waals surface area contributed by atoms with Gasteiger partial charge in [0, 0.05) is 29.7 Å². The average Bonchev–Trinajstić information content (AvgIpc) is 3.32. The van der Waals surface area contributed by atoms with Gasteiger partial charge in [0.2, 0.25) is 0 Å². The third-order valence-electron chi connectivity index (χ3n) is 6.29. The second kappa shape index (κ2) is 6.93. The van der Waals surface area contributed by atoms with Gasteiger partial charge in [0.25, 0.3) is 5.91 Å². The molecule has 7 heteroatoms. The number of piperidine rings is 1. The van der Waals surface area contributed by atoms with Crippen molar-refractivity contribution in [1.82, 2.24) is 15.2 Å². The zero-order valence-electron chi connectivity index (χ0n) is 17.5. The van der Waals surface area contributed by atoms with Crippen LogP contribution in [-0.2, 0) is 35.1 Å². The van der Waals surface area contributed by atoms with Crippen LogP contribution >= 0.6 is 11.3 Å². The number of hydrogen-bond acceptors (Lipinski definition) is 6. The molecule has 6 nitrogen and oxygen atoms in total. The first kappa shape index (κ1) is 19.3. The molecule has 29 heavy (non-hydrogen) atoms. The lowest BCUT2D eigenvalue weighted by atomic mass is 9.83. The second-order valence-corrected chi connectivity index (χ2v) is 10.5. The van der Waals surface area contributed by atoms with E-state index < -0.39 is 0 Å². The number of thiophene rings is 1. The SMILES string of the molecule is CC(C)(C)c1nc2c(o1)CCN(C(=O)c1cc3c(s1)CCOC31CCNCC1)C2. The Kier molecular flexibility index (Phi) is 4.60. The van der Waals surface area contributed by atoms with Crippen LogP contribution in [0.4, 0.5) is 0 Å². The number of nitrogens with one attached hydrogen (secondary N) is 1. The molecule has 3 aliphatic rings. The van der Waals surface area contributed by atoms with Gasteiger partial charge in [-0.05, 0) is 37.6 Å². The minimum Gasteiger partial charge on any atom is -0.445 e. The van der Waals surface area contributed by atoms with Gasteiger partial charge in [-0.3, -0.25) is 4.79 Å². The number of fused-ring (bicyclic) bond motifs is 3. The van der Waals surface area contributed by atoms with E-state index in [-0.39, 0.29) is 16.9 Å². The van der Waals surface area contributed by atoms with E-state index in [1.807, 2.05) is 4.90 Å². The summed E-state index contributed by atoms with van der Waals surface area (Å²) in [6.45, 7) is 10.2. The highest BCUT2D eigenvalue weighted by atomic mass is 32.1. The Hall–Kier alpha value is -1.70. The summed E-state index contributed by atoms with van der Waals surface area (Å²) >= 11 is 1.66. The molecule has 0 radical (unpaired) electrons. The molecule has 0 unspecified atom stereocenters. The zero-order chi connectivity index (χ0) is 20.2. The van der Waals surface area contributed by atoms with Gasteiger partial charge in [-0.25, -0.2) is 4.98 Å². The minimum absolute atomic E-state index is 0.111. The number of nitrogens with zero attached hydrogens (tertiary/aromatic N) is 2. The first-order valence-corrected chi connectivity index (χ1v) is 11.4. The average molecular weight is 416 g/mol. The molecule has 0 aromatic carbocycles. The number of oxazole rings is 1. The molecule has 5 rings (SSSR count). The highest BCUT2D eigenvalue weighted by Crippen LogP contribution is 2.43. The van der Waals surface area contributed by atoms with Crippen molar-refractivity contribution in [3.05, 3.63) is 38.7 Å². The summed E-state index contributed by atoms with van der Waals surface area (Å²) in [6, 6.07) is 2.12.